The highest BCUT2D eigenvalue weighted by Crippen LogP contribution is 2.21. The molecule has 0 saturated carbocycles. The molecule has 0 aliphatic carbocycles. The standard InChI is InChI=1S/C19H19N3O2S/c23-13-17-11-20-19(22(17)12-15-7-3-1-4-8-15)25-14-18(24)21-16-9-5-2-6-10-16/h1-11,23H,12-14H2,(H,21,24). The molecular formula is C19H19N3O2S. The number of para-hydroxylation sites is 1. The molecule has 0 radical (unpaired) electrons. The monoisotopic (exact) mass is 353 g/mol. The maximum Gasteiger partial charge on any atom is 0.234 e. The van der Waals surface area contributed by atoms with Gasteiger partial charge in [-0.2, -0.15) is 0 Å². The number of thioether (sulfide) groups is 1. The van der Waals surface area contributed by atoms with Crippen molar-refractivity contribution in [3.63, 3.8) is 0 Å². The molecule has 3 aromatic rings. The fourth-order valence-corrected chi connectivity index (χ4v) is 3.21. The Hall–Kier alpha value is -2.57. The van der Waals surface area contributed by atoms with Gasteiger partial charge < -0.3 is 15.0 Å². The number of hydrogen-bond acceptors (Lipinski definition) is 4. The van der Waals surface area contributed by atoms with E-state index in [0.29, 0.717) is 6.54 Å². The topological polar surface area (TPSA) is 67.1 Å². The van der Waals surface area contributed by atoms with Crippen molar-refractivity contribution >= 4 is 23.4 Å². The van der Waals surface area contributed by atoms with E-state index in [2.05, 4.69) is 10.3 Å². The zero-order chi connectivity index (χ0) is 17.5. The average Bonchev–Trinajstić information content (AvgIpc) is 3.03. The number of nitrogens with one attached hydrogen (secondary N) is 1. The number of nitrogens with zero attached hydrogens (tertiary/aromatic N) is 2. The summed E-state index contributed by atoms with van der Waals surface area (Å²) >= 11 is 1.36. The minimum Gasteiger partial charge on any atom is -0.390 e. The van der Waals surface area contributed by atoms with Crippen LogP contribution in [0.2, 0.25) is 0 Å². The highest BCUT2D eigenvalue weighted by Gasteiger charge is 2.12. The van der Waals surface area contributed by atoms with Crippen LogP contribution in [0.1, 0.15) is 11.3 Å². The van der Waals surface area contributed by atoms with Crippen LogP contribution in [-0.2, 0) is 17.9 Å². The van der Waals surface area contributed by atoms with E-state index in [1.165, 1.54) is 11.8 Å². The summed E-state index contributed by atoms with van der Waals surface area (Å²) in [5.41, 5.74) is 2.62. The largest absolute Gasteiger partial charge is 0.390 e. The van der Waals surface area contributed by atoms with Crippen molar-refractivity contribution in [3.05, 3.63) is 78.1 Å². The van der Waals surface area contributed by atoms with Crippen LogP contribution in [0, 0.1) is 0 Å². The Balaban J connectivity index is 1.66. The molecule has 128 valence electrons. The third-order valence-electron chi connectivity index (χ3n) is 3.64. The van der Waals surface area contributed by atoms with Crippen LogP contribution in [-0.4, -0.2) is 26.3 Å². The number of aliphatic hydroxyl groups is 1. The first kappa shape index (κ1) is 17.3. The molecule has 0 bridgehead atoms. The molecule has 5 nitrogen and oxygen atoms in total. The summed E-state index contributed by atoms with van der Waals surface area (Å²) in [6.07, 6.45) is 1.65. The van der Waals surface area contributed by atoms with Crippen molar-refractivity contribution in [1.82, 2.24) is 9.55 Å². The van der Waals surface area contributed by atoms with Gasteiger partial charge in [0.15, 0.2) is 5.16 Å². The number of benzene rings is 2. The second-order valence-corrected chi connectivity index (χ2v) is 6.41. The first-order chi connectivity index (χ1) is 12.3. The highest BCUT2D eigenvalue weighted by molar-refractivity contribution is 7.99. The van der Waals surface area contributed by atoms with Gasteiger partial charge in [0, 0.05) is 12.2 Å². The van der Waals surface area contributed by atoms with Crippen molar-refractivity contribution in [2.75, 3.05) is 11.1 Å². The molecule has 0 fully saturated rings. The van der Waals surface area contributed by atoms with Crippen LogP contribution in [0.5, 0.6) is 0 Å². The fraction of sp³-hybridized carbons (Fsp3) is 0.158. The highest BCUT2D eigenvalue weighted by atomic mass is 32.2. The van der Waals surface area contributed by atoms with Crippen LogP contribution in [0.3, 0.4) is 0 Å². The van der Waals surface area contributed by atoms with E-state index in [-0.39, 0.29) is 18.3 Å². The lowest BCUT2D eigenvalue weighted by Crippen LogP contribution is -2.15. The van der Waals surface area contributed by atoms with Crippen LogP contribution in [0.25, 0.3) is 0 Å². The average molecular weight is 353 g/mol. The quantitative estimate of drug-likeness (QED) is 0.640. The molecule has 2 N–H and O–H groups in total. The number of anilines is 1. The number of aliphatic hydroxyl groups excluding tert-OH is 1. The summed E-state index contributed by atoms with van der Waals surface area (Å²) < 4.78 is 1.94. The van der Waals surface area contributed by atoms with Gasteiger partial charge in [0.1, 0.15) is 0 Å². The van der Waals surface area contributed by atoms with Crippen LogP contribution in [0.15, 0.2) is 72.0 Å². The van der Waals surface area contributed by atoms with Crippen LogP contribution >= 0.6 is 11.8 Å². The SMILES string of the molecule is O=C(CSc1ncc(CO)n1Cc1ccccc1)Nc1ccccc1. The predicted octanol–water partition coefficient (Wildman–Crippen LogP) is 3.15. The first-order valence-electron chi connectivity index (χ1n) is 7.93. The van der Waals surface area contributed by atoms with E-state index >= 15 is 0 Å². The Labute approximate surface area is 150 Å². The van der Waals surface area contributed by atoms with Gasteiger partial charge in [0.25, 0.3) is 0 Å². The molecule has 1 amide bonds. The van der Waals surface area contributed by atoms with E-state index in [0.717, 1.165) is 22.1 Å². The Morgan fingerprint density at radius 2 is 1.76 bits per heavy atom. The predicted molar refractivity (Wildman–Crippen MR) is 99.5 cm³/mol. The van der Waals surface area contributed by atoms with Gasteiger partial charge >= 0.3 is 0 Å². The number of carbonyl (C=O) groups is 1. The molecule has 0 spiro atoms. The minimum atomic E-state index is -0.0870. The van der Waals surface area contributed by atoms with Crippen molar-refractivity contribution in [2.24, 2.45) is 0 Å². The van der Waals surface area contributed by atoms with Gasteiger partial charge in [0.2, 0.25) is 5.91 Å². The molecule has 3 rings (SSSR count). The smallest absolute Gasteiger partial charge is 0.234 e. The molecule has 0 unspecified atom stereocenters. The lowest BCUT2D eigenvalue weighted by Gasteiger charge is -2.11. The summed E-state index contributed by atoms with van der Waals surface area (Å²) in [5, 5.41) is 13.1. The van der Waals surface area contributed by atoms with E-state index < -0.39 is 0 Å². The zero-order valence-corrected chi connectivity index (χ0v) is 14.4. The van der Waals surface area contributed by atoms with Crippen molar-refractivity contribution in [1.29, 1.82) is 0 Å². The molecule has 2 aromatic carbocycles. The summed E-state index contributed by atoms with van der Waals surface area (Å²) in [6, 6.07) is 19.3. The van der Waals surface area contributed by atoms with E-state index in [9.17, 15) is 9.90 Å². The lowest BCUT2D eigenvalue weighted by molar-refractivity contribution is -0.113. The van der Waals surface area contributed by atoms with Gasteiger partial charge in [-0.25, -0.2) is 4.98 Å². The third kappa shape index (κ3) is 4.71. The molecule has 1 aromatic heterocycles. The molecule has 6 heteroatoms. The maximum absolute atomic E-state index is 12.1. The molecule has 1 heterocycles. The Bertz CT molecular complexity index is 819. The van der Waals surface area contributed by atoms with Crippen LogP contribution < -0.4 is 5.32 Å². The molecule has 0 aliphatic rings. The van der Waals surface area contributed by atoms with E-state index in [1.807, 2.05) is 65.2 Å². The lowest BCUT2D eigenvalue weighted by atomic mass is 10.2. The number of aromatic nitrogens is 2. The Morgan fingerprint density at radius 3 is 2.44 bits per heavy atom. The number of carbonyl (C=O) groups excluding carboxylic acids is 1. The van der Waals surface area contributed by atoms with Crippen molar-refractivity contribution in [2.45, 2.75) is 18.3 Å². The molecule has 0 aliphatic heterocycles. The summed E-state index contributed by atoms with van der Waals surface area (Å²) in [6.45, 7) is 0.524. The number of imidazole rings is 1. The number of rotatable bonds is 7. The summed E-state index contributed by atoms with van der Waals surface area (Å²) in [5.74, 6) is 0.168. The molecule has 25 heavy (non-hydrogen) atoms. The minimum absolute atomic E-state index is 0.0867. The fourth-order valence-electron chi connectivity index (χ4n) is 2.42. The van der Waals surface area contributed by atoms with Gasteiger partial charge in [0.05, 0.1) is 24.3 Å². The second kappa shape index (κ2) is 8.50. The van der Waals surface area contributed by atoms with Gasteiger partial charge in [-0.1, -0.05) is 60.3 Å². The molecule has 0 atom stereocenters. The van der Waals surface area contributed by atoms with E-state index in [1.54, 1.807) is 6.20 Å². The van der Waals surface area contributed by atoms with Gasteiger partial charge in [-0.3, -0.25) is 4.79 Å². The summed E-state index contributed by atoms with van der Waals surface area (Å²) in [4.78, 5) is 16.5. The van der Waals surface area contributed by atoms with Gasteiger partial charge in [-0.15, -0.1) is 0 Å². The third-order valence-corrected chi connectivity index (χ3v) is 4.63. The Morgan fingerprint density at radius 1 is 1.08 bits per heavy atom. The summed E-state index contributed by atoms with van der Waals surface area (Å²) in [7, 11) is 0. The van der Waals surface area contributed by atoms with Gasteiger partial charge in [-0.05, 0) is 17.7 Å². The Kier molecular flexibility index (Phi) is 5.87. The first-order valence-corrected chi connectivity index (χ1v) is 8.91. The van der Waals surface area contributed by atoms with Crippen molar-refractivity contribution < 1.29 is 9.90 Å². The number of hydrogen-bond donors (Lipinski definition) is 2. The van der Waals surface area contributed by atoms with Crippen molar-refractivity contribution in [3.8, 4) is 0 Å². The van der Waals surface area contributed by atoms with E-state index in [4.69, 9.17) is 0 Å². The molecular weight excluding hydrogens is 334 g/mol. The normalized spacial score (nSPS) is 10.6. The maximum atomic E-state index is 12.1. The zero-order valence-electron chi connectivity index (χ0n) is 13.6. The van der Waals surface area contributed by atoms with Crippen LogP contribution in [0.4, 0.5) is 5.69 Å². The molecule has 0 saturated heterocycles. The second-order valence-electron chi connectivity index (χ2n) is 5.46. The number of amides is 1.